The molecule has 0 unspecified atom stereocenters. The first-order chi connectivity index (χ1) is 15.4. The van der Waals surface area contributed by atoms with Crippen LogP contribution in [0.15, 0.2) is 36.4 Å². The molecule has 2 aromatic carbocycles. The van der Waals surface area contributed by atoms with Gasteiger partial charge in [0.2, 0.25) is 0 Å². The van der Waals surface area contributed by atoms with Crippen LogP contribution < -0.4 is 16.0 Å². The number of nitrogens with one attached hydrogen (secondary N) is 1. The van der Waals surface area contributed by atoms with Crippen molar-refractivity contribution in [3.8, 4) is 6.07 Å². The maximum atomic E-state index is 9.35. The molecule has 0 amide bonds. The average molecular weight is 428 g/mol. The number of aryl methyl sites for hydroxylation is 1. The molecule has 1 aromatic heterocycles. The van der Waals surface area contributed by atoms with Crippen molar-refractivity contribution in [1.29, 1.82) is 5.26 Å². The second-order valence-corrected chi connectivity index (χ2v) is 9.46. The third-order valence-corrected chi connectivity index (χ3v) is 7.12. The molecule has 7 nitrogen and oxygen atoms in total. The van der Waals surface area contributed by atoms with E-state index in [0.717, 1.165) is 40.7 Å². The molecule has 2 aliphatic rings. The zero-order valence-corrected chi connectivity index (χ0v) is 18.9. The van der Waals surface area contributed by atoms with Gasteiger partial charge >= 0.3 is 0 Å². The molecule has 0 aliphatic carbocycles. The Balaban J connectivity index is 1.44. The molecule has 0 saturated carbocycles. The average Bonchev–Trinajstić information content (AvgIpc) is 3.16. The van der Waals surface area contributed by atoms with Crippen LogP contribution >= 0.6 is 0 Å². The summed E-state index contributed by atoms with van der Waals surface area (Å²) in [7, 11) is 2.21. The molecule has 1 spiro atoms. The molecule has 2 fully saturated rings. The van der Waals surface area contributed by atoms with E-state index in [0.29, 0.717) is 16.8 Å². The molecule has 0 radical (unpaired) electrons. The molecule has 3 aromatic rings. The number of aromatic nitrogens is 2. The van der Waals surface area contributed by atoms with Gasteiger partial charge in [-0.2, -0.15) is 10.4 Å². The third-order valence-electron chi connectivity index (χ3n) is 7.12. The summed E-state index contributed by atoms with van der Waals surface area (Å²) in [4.78, 5) is 4.89. The van der Waals surface area contributed by atoms with E-state index in [1.54, 1.807) is 6.07 Å². The number of hydrogen-bond donors (Lipinski definition) is 2. The maximum Gasteiger partial charge on any atom is 0.158 e. The number of hydrogen-bond acceptors (Lipinski definition) is 7. The first-order valence-corrected chi connectivity index (χ1v) is 11.1. The lowest BCUT2D eigenvalue weighted by Crippen LogP contribution is -2.57. The van der Waals surface area contributed by atoms with Gasteiger partial charge in [0.1, 0.15) is 6.17 Å². The summed E-state index contributed by atoms with van der Waals surface area (Å²) in [6, 6.07) is 14.4. The highest BCUT2D eigenvalue weighted by atomic mass is 15.3. The van der Waals surface area contributed by atoms with Gasteiger partial charge in [-0.3, -0.25) is 0 Å². The fraction of sp³-hybridized carbons (Fsp3) is 0.400. The third kappa shape index (κ3) is 3.46. The molecule has 3 N–H and O–H groups in total. The number of rotatable bonds is 4. The first kappa shape index (κ1) is 20.7. The molecule has 32 heavy (non-hydrogen) atoms. The quantitative estimate of drug-likeness (QED) is 0.617. The number of nitrogens with two attached hydrogens (primary N) is 1. The van der Waals surface area contributed by atoms with Crippen molar-refractivity contribution in [2.45, 2.75) is 26.4 Å². The van der Waals surface area contributed by atoms with Crippen LogP contribution in [0, 0.1) is 30.6 Å². The highest BCUT2D eigenvalue weighted by Gasteiger charge is 2.46. The molecule has 0 bridgehead atoms. The van der Waals surface area contributed by atoms with Crippen molar-refractivity contribution in [1.82, 2.24) is 15.1 Å². The highest BCUT2D eigenvalue weighted by molar-refractivity contribution is 5.95. The van der Waals surface area contributed by atoms with E-state index < -0.39 is 6.17 Å². The Morgan fingerprint density at radius 3 is 2.66 bits per heavy atom. The number of fused-ring (bicyclic) bond motifs is 1. The number of likely N-dealkylation sites (tertiary alicyclic amines) is 1. The van der Waals surface area contributed by atoms with Gasteiger partial charge in [0.05, 0.1) is 17.3 Å². The number of anilines is 2. The standard InChI is InChI=1S/C25H29N7/c1-16-18(12-26)5-4-6-20(16)23(27)28-24-22-11-19(7-8-21(22)17(2)29-30-24)32-14-25(15-32)9-10-31(3)13-25/h4-8,11,23H,9-10,13-15,27H2,1-3H3,(H,28,30)/t23-/m0/s1. The molecule has 7 heteroatoms. The van der Waals surface area contributed by atoms with Crippen LogP contribution in [0.4, 0.5) is 11.5 Å². The summed E-state index contributed by atoms with van der Waals surface area (Å²) in [5, 5.41) is 23.6. The van der Waals surface area contributed by atoms with Gasteiger partial charge in [-0.05, 0) is 63.2 Å². The van der Waals surface area contributed by atoms with Crippen LogP contribution in [0.1, 0.15) is 35.0 Å². The molecule has 164 valence electrons. The van der Waals surface area contributed by atoms with Gasteiger partial charge in [0, 0.05) is 41.5 Å². The van der Waals surface area contributed by atoms with E-state index in [1.807, 2.05) is 26.0 Å². The van der Waals surface area contributed by atoms with E-state index in [-0.39, 0.29) is 0 Å². The largest absolute Gasteiger partial charge is 0.370 e. The van der Waals surface area contributed by atoms with Gasteiger partial charge in [0.15, 0.2) is 5.82 Å². The smallest absolute Gasteiger partial charge is 0.158 e. The minimum Gasteiger partial charge on any atom is -0.370 e. The fourth-order valence-electron chi connectivity index (χ4n) is 5.28. The first-order valence-electron chi connectivity index (χ1n) is 11.1. The van der Waals surface area contributed by atoms with Crippen molar-refractivity contribution in [2.75, 3.05) is 43.4 Å². The van der Waals surface area contributed by atoms with Crippen molar-refractivity contribution in [3.63, 3.8) is 0 Å². The Morgan fingerprint density at radius 2 is 1.94 bits per heavy atom. The molecule has 2 aliphatic heterocycles. The van der Waals surface area contributed by atoms with E-state index in [4.69, 9.17) is 5.73 Å². The number of nitrogens with zero attached hydrogens (tertiary/aromatic N) is 5. The minimum atomic E-state index is -0.492. The normalized spacial score (nSPS) is 18.5. The summed E-state index contributed by atoms with van der Waals surface area (Å²) < 4.78 is 0. The van der Waals surface area contributed by atoms with Crippen LogP contribution in [0.25, 0.3) is 10.8 Å². The monoisotopic (exact) mass is 427 g/mol. The van der Waals surface area contributed by atoms with Crippen LogP contribution in [0.3, 0.4) is 0 Å². The predicted molar refractivity (Wildman–Crippen MR) is 127 cm³/mol. The molecule has 3 heterocycles. The Bertz CT molecular complexity index is 1220. The van der Waals surface area contributed by atoms with Gasteiger partial charge in [-0.15, -0.1) is 5.10 Å². The van der Waals surface area contributed by atoms with Crippen LogP contribution in [-0.2, 0) is 0 Å². The predicted octanol–water partition coefficient (Wildman–Crippen LogP) is 3.33. The van der Waals surface area contributed by atoms with Crippen LogP contribution in [0.5, 0.6) is 0 Å². The molecular formula is C25H29N7. The van der Waals surface area contributed by atoms with Gasteiger partial charge in [-0.25, -0.2) is 0 Å². The topological polar surface area (TPSA) is 94.1 Å². The Hall–Kier alpha value is -3.21. The number of benzene rings is 2. The Kier molecular flexibility index (Phi) is 5.00. The van der Waals surface area contributed by atoms with Gasteiger partial charge in [0.25, 0.3) is 0 Å². The van der Waals surface area contributed by atoms with E-state index >= 15 is 0 Å². The lowest BCUT2D eigenvalue weighted by atomic mass is 9.78. The Labute approximate surface area is 188 Å². The van der Waals surface area contributed by atoms with E-state index in [1.165, 1.54) is 25.2 Å². The van der Waals surface area contributed by atoms with Crippen molar-refractivity contribution >= 4 is 22.3 Å². The maximum absolute atomic E-state index is 9.35. The van der Waals surface area contributed by atoms with Crippen molar-refractivity contribution in [3.05, 3.63) is 58.8 Å². The molecule has 2 saturated heterocycles. The number of nitriles is 1. The lowest BCUT2D eigenvalue weighted by Gasteiger charge is -2.49. The summed E-state index contributed by atoms with van der Waals surface area (Å²) in [5.74, 6) is 0.664. The summed E-state index contributed by atoms with van der Waals surface area (Å²) >= 11 is 0. The summed E-state index contributed by atoms with van der Waals surface area (Å²) in [5.41, 5.74) is 11.5. The van der Waals surface area contributed by atoms with Gasteiger partial charge in [-0.1, -0.05) is 18.2 Å². The lowest BCUT2D eigenvalue weighted by molar-refractivity contribution is 0.218. The second kappa shape index (κ2) is 7.73. The zero-order chi connectivity index (χ0) is 22.5. The van der Waals surface area contributed by atoms with Crippen molar-refractivity contribution in [2.24, 2.45) is 11.1 Å². The van der Waals surface area contributed by atoms with Crippen molar-refractivity contribution < 1.29 is 0 Å². The van der Waals surface area contributed by atoms with E-state index in [9.17, 15) is 5.26 Å². The molecule has 5 rings (SSSR count). The van der Waals surface area contributed by atoms with E-state index in [2.05, 4.69) is 56.6 Å². The summed E-state index contributed by atoms with van der Waals surface area (Å²) in [6.45, 7) is 8.48. The highest BCUT2D eigenvalue weighted by Crippen LogP contribution is 2.42. The van der Waals surface area contributed by atoms with Crippen LogP contribution in [-0.4, -0.2) is 48.3 Å². The SMILES string of the molecule is Cc1c(C#N)cccc1[C@@H](N)Nc1nnc(C)c2ccc(N3CC4(CCN(C)C4)C3)cc12. The molecular weight excluding hydrogens is 398 g/mol. The Morgan fingerprint density at radius 1 is 1.12 bits per heavy atom. The fourth-order valence-corrected chi connectivity index (χ4v) is 5.28. The van der Waals surface area contributed by atoms with Crippen LogP contribution in [0.2, 0.25) is 0 Å². The second-order valence-electron chi connectivity index (χ2n) is 9.46. The summed E-state index contributed by atoms with van der Waals surface area (Å²) in [6.07, 6.45) is 0.787. The zero-order valence-electron chi connectivity index (χ0n) is 18.9. The molecule has 1 atom stereocenters. The van der Waals surface area contributed by atoms with Gasteiger partial charge < -0.3 is 20.9 Å². The minimum absolute atomic E-state index is 0.447.